The summed E-state index contributed by atoms with van der Waals surface area (Å²) in [5.41, 5.74) is 3.13. The van der Waals surface area contributed by atoms with Gasteiger partial charge in [0.05, 0.1) is 22.1 Å². The molecule has 3 rings (SSSR count). The number of fused-ring (bicyclic) bond motifs is 1. The minimum absolute atomic E-state index is 0.0946. The van der Waals surface area contributed by atoms with Crippen molar-refractivity contribution in [2.75, 3.05) is 0 Å². The maximum atomic E-state index is 12.6. The molecule has 0 aliphatic rings. The van der Waals surface area contributed by atoms with Crippen LogP contribution < -0.4 is 10.3 Å². The third-order valence-corrected chi connectivity index (χ3v) is 5.19. The third-order valence-electron chi connectivity index (χ3n) is 3.95. The van der Waals surface area contributed by atoms with E-state index in [4.69, 9.17) is 4.42 Å². The maximum Gasteiger partial charge on any atom is 0.276 e. The fourth-order valence-electron chi connectivity index (χ4n) is 2.66. The van der Waals surface area contributed by atoms with E-state index in [0.717, 1.165) is 22.9 Å². The summed E-state index contributed by atoms with van der Waals surface area (Å²) in [6.07, 6.45) is 2.42. The maximum absolute atomic E-state index is 12.6. The van der Waals surface area contributed by atoms with Crippen LogP contribution in [-0.4, -0.2) is 14.6 Å². The summed E-state index contributed by atoms with van der Waals surface area (Å²) in [6, 6.07) is 10.0. The number of aryl methyl sites for hydroxylation is 3. The average molecular weight is 370 g/mol. The molecule has 1 N–H and O–H groups in total. The standard InChI is InChI=1S/C19H18N2O4S/c1-12-4-6-16(7-5-12)26(23,24)21-20-10-15-11-25-17-9-13(2)8-14(3)18(17)19(15)22/h4-11,21H,1-3H3/b20-10+. The molecule has 0 spiro atoms. The molecular weight excluding hydrogens is 352 g/mol. The van der Waals surface area contributed by atoms with Gasteiger partial charge in [-0.2, -0.15) is 13.5 Å². The molecule has 0 fully saturated rings. The molecule has 1 aromatic heterocycles. The molecule has 0 saturated heterocycles. The first kappa shape index (κ1) is 17.9. The van der Waals surface area contributed by atoms with E-state index in [9.17, 15) is 13.2 Å². The number of benzene rings is 2. The number of nitrogens with one attached hydrogen (secondary N) is 1. The van der Waals surface area contributed by atoms with Gasteiger partial charge in [-0.15, -0.1) is 0 Å². The van der Waals surface area contributed by atoms with E-state index < -0.39 is 10.0 Å². The van der Waals surface area contributed by atoms with Crippen LogP contribution in [0.1, 0.15) is 22.3 Å². The number of hydrogen-bond donors (Lipinski definition) is 1. The number of rotatable bonds is 4. The van der Waals surface area contributed by atoms with Crippen LogP contribution in [0.15, 0.2) is 61.9 Å². The molecule has 0 radical (unpaired) electrons. The van der Waals surface area contributed by atoms with Gasteiger partial charge in [0.15, 0.2) is 0 Å². The molecule has 0 aliphatic heterocycles. The molecule has 1 heterocycles. The lowest BCUT2D eigenvalue weighted by Crippen LogP contribution is -2.19. The van der Waals surface area contributed by atoms with Crippen molar-refractivity contribution in [3.05, 3.63) is 75.1 Å². The molecule has 0 saturated carbocycles. The predicted molar refractivity (Wildman–Crippen MR) is 101 cm³/mol. The molecule has 0 bridgehead atoms. The van der Waals surface area contributed by atoms with Gasteiger partial charge < -0.3 is 4.42 Å². The van der Waals surface area contributed by atoms with Crippen molar-refractivity contribution in [3.8, 4) is 0 Å². The van der Waals surface area contributed by atoms with Crippen LogP contribution in [0.2, 0.25) is 0 Å². The second-order valence-corrected chi connectivity index (χ2v) is 7.80. The monoisotopic (exact) mass is 370 g/mol. The highest BCUT2D eigenvalue weighted by Gasteiger charge is 2.13. The van der Waals surface area contributed by atoms with Crippen LogP contribution in [-0.2, 0) is 10.0 Å². The second kappa shape index (κ2) is 6.76. The number of hydrazone groups is 1. The first-order valence-electron chi connectivity index (χ1n) is 7.92. The minimum atomic E-state index is -3.80. The molecule has 0 aliphatic carbocycles. The molecule has 26 heavy (non-hydrogen) atoms. The second-order valence-electron chi connectivity index (χ2n) is 6.14. The van der Waals surface area contributed by atoms with Crippen molar-refractivity contribution < 1.29 is 12.8 Å². The van der Waals surface area contributed by atoms with Crippen molar-refractivity contribution in [1.82, 2.24) is 4.83 Å². The Balaban J connectivity index is 1.90. The highest BCUT2D eigenvalue weighted by molar-refractivity contribution is 7.89. The summed E-state index contributed by atoms with van der Waals surface area (Å²) in [6.45, 7) is 5.61. The largest absolute Gasteiger partial charge is 0.463 e. The normalized spacial score (nSPS) is 12.0. The molecular formula is C19H18N2O4S. The van der Waals surface area contributed by atoms with E-state index in [1.54, 1.807) is 18.2 Å². The topological polar surface area (TPSA) is 88.7 Å². The summed E-state index contributed by atoms with van der Waals surface area (Å²) >= 11 is 0. The van der Waals surface area contributed by atoms with Crippen molar-refractivity contribution in [2.24, 2.45) is 5.10 Å². The smallest absolute Gasteiger partial charge is 0.276 e. The molecule has 0 amide bonds. The lowest BCUT2D eigenvalue weighted by Gasteiger charge is -2.05. The van der Waals surface area contributed by atoms with E-state index in [-0.39, 0.29) is 15.9 Å². The number of sulfonamides is 1. The Bertz CT molecular complexity index is 1160. The van der Waals surface area contributed by atoms with Crippen molar-refractivity contribution in [3.63, 3.8) is 0 Å². The number of hydrogen-bond acceptors (Lipinski definition) is 5. The van der Waals surface area contributed by atoms with E-state index in [2.05, 4.69) is 9.93 Å². The van der Waals surface area contributed by atoms with Gasteiger partial charge in [-0.05, 0) is 50.1 Å². The molecule has 3 aromatic rings. The summed E-state index contributed by atoms with van der Waals surface area (Å²) in [7, 11) is -3.80. The van der Waals surface area contributed by atoms with E-state index in [1.807, 2.05) is 26.8 Å². The Labute approximate surface area is 151 Å². The zero-order chi connectivity index (χ0) is 18.9. The van der Waals surface area contributed by atoms with Crippen LogP contribution >= 0.6 is 0 Å². The van der Waals surface area contributed by atoms with Gasteiger partial charge in [-0.25, -0.2) is 4.83 Å². The highest BCUT2D eigenvalue weighted by Crippen LogP contribution is 2.17. The average Bonchev–Trinajstić information content (AvgIpc) is 2.56. The van der Waals surface area contributed by atoms with Gasteiger partial charge in [-0.3, -0.25) is 4.79 Å². The van der Waals surface area contributed by atoms with Crippen molar-refractivity contribution >= 4 is 27.2 Å². The summed E-state index contributed by atoms with van der Waals surface area (Å²) < 4.78 is 29.9. The van der Waals surface area contributed by atoms with E-state index >= 15 is 0 Å². The zero-order valence-electron chi connectivity index (χ0n) is 14.6. The Kier molecular flexibility index (Phi) is 4.65. The van der Waals surface area contributed by atoms with Crippen LogP contribution in [0.25, 0.3) is 11.0 Å². The Morgan fingerprint density at radius 2 is 1.73 bits per heavy atom. The van der Waals surface area contributed by atoms with Crippen molar-refractivity contribution in [2.45, 2.75) is 25.7 Å². The van der Waals surface area contributed by atoms with Gasteiger partial charge in [0.1, 0.15) is 11.8 Å². The molecule has 0 unspecified atom stereocenters. The van der Waals surface area contributed by atoms with Gasteiger partial charge in [0, 0.05) is 0 Å². The Morgan fingerprint density at radius 3 is 2.42 bits per heavy atom. The summed E-state index contributed by atoms with van der Waals surface area (Å²) in [5, 5.41) is 4.16. The molecule has 134 valence electrons. The van der Waals surface area contributed by atoms with Crippen molar-refractivity contribution in [1.29, 1.82) is 0 Å². The minimum Gasteiger partial charge on any atom is -0.463 e. The lowest BCUT2D eigenvalue weighted by molar-refractivity contribution is 0.584. The lowest BCUT2D eigenvalue weighted by atomic mass is 10.1. The molecule has 6 nitrogen and oxygen atoms in total. The SMILES string of the molecule is Cc1ccc(S(=O)(=O)N/N=C/c2coc3cc(C)cc(C)c3c2=O)cc1. The zero-order valence-corrected chi connectivity index (χ0v) is 15.4. The summed E-state index contributed by atoms with van der Waals surface area (Å²) in [4.78, 5) is 14.8. The van der Waals surface area contributed by atoms with Crippen LogP contribution in [0.3, 0.4) is 0 Å². The fourth-order valence-corrected chi connectivity index (χ4v) is 3.45. The molecule has 7 heteroatoms. The molecule has 0 atom stereocenters. The Morgan fingerprint density at radius 1 is 1.04 bits per heavy atom. The van der Waals surface area contributed by atoms with Gasteiger partial charge in [-0.1, -0.05) is 23.8 Å². The predicted octanol–water partition coefficient (Wildman–Crippen LogP) is 3.03. The first-order chi connectivity index (χ1) is 12.3. The van der Waals surface area contributed by atoms with Crippen LogP contribution in [0, 0.1) is 20.8 Å². The third kappa shape index (κ3) is 3.52. The van der Waals surface area contributed by atoms with E-state index in [1.165, 1.54) is 18.4 Å². The van der Waals surface area contributed by atoms with Gasteiger partial charge >= 0.3 is 0 Å². The Hall–Kier alpha value is -2.93. The fraction of sp³-hybridized carbons (Fsp3) is 0.158. The van der Waals surface area contributed by atoms with Gasteiger partial charge in [0.25, 0.3) is 10.0 Å². The quantitative estimate of drug-likeness (QED) is 0.565. The summed E-state index contributed by atoms with van der Waals surface area (Å²) in [5.74, 6) is 0. The highest BCUT2D eigenvalue weighted by atomic mass is 32.2. The first-order valence-corrected chi connectivity index (χ1v) is 9.40. The van der Waals surface area contributed by atoms with Gasteiger partial charge in [0.2, 0.25) is 5.43 Å². The van der Waals surface area contributed by atoms with E-state index in [0.29, 0.717) is 11.0 Å². The molecule has 2 aromatic carbocycles. The number of nitrogens with zero attached hydrogens (tertiary/aromatic N) is 1. The van der Waals surface area contributed by atoms with Crippen LogP contribution in [0.5, 0.6) is 0 Å². The van der Waals surface area contributed by atoms with Crippen LogP contribution in [0.4, 0.5) is 0 Å².